The highest BCUT2D eigenvalue weighted by Gasteiger charge is 2.30. The number of nitrogens with zero attached hydrogens (tertiary/aromatic N) is 4. The fourth-order valence-corrected chi connectivity index (χ4v) is 4.21. The van der Waals surface area contributed by atoms with Crippen LogP contribution in [0.15, 0.2) is 36.5 Å². The molecule has 1 unspecified atom stereocenters. The quantitative estimate of drug-likeness (QED) is 0.342. The molecule has 1 amide bonds. The number of benzene rings is 1. The normalized spacial score (nSPS) is 20.1. The summed E-state index contributed by atoms with van der Waals surface area (Å²) >= 11 is 0. The first-order valence-corrected chi connectivity index (χ1v) is 13.4. The van der Waals surface area contributed by atoms with Gasteiger partial charge in [-0.25, -0.2) is 19.3 Å². The van der Waals surface area contributed by atoms with E-state index in [0.717, 1.165) is 12.1 Å². The van der Waals surface area contributed by atoms with Gasteiger partial charge in [0, 0.05) is 30.9 Å². The van der Waals surface area contributed by atoms with Crippen LogP contribution in [0.4, 0.5) is 10.3 Å². The summed E-state index contributed by atoms with van der Waals surface area (Å²) in [5.41, 5.74) is 2.74. The summed E-state index contributed by atoms with van der Waals surface area (Å²) in [6.45, 7) is 4.13. The lowest BCUT2D eigenvalue weighted by molar-refractivity contribution is -0.200. The monoisotopic (exact) mass is 537 g/mol. The van der Waals surface area contributed by atoms with Crippen molar-refractivity contribution in [2.45, 2.75) is 38.5 Å². The molecule has 1 atom stereocenters. The van der Waals surface area contributed by atoms with E-state index in [0.29, 0.717) is 67.0 Å². The Balaban J connectivity index is 1.30. The zero-order valence-corrected chi connectivity index (χ0v) is 22.6. The third-order valence-electron chi connectivity index (χ3n) is 7.18. The lowest BCUT2D eigenvalue weighted by Crippen LogP contribution is -2.43. The molecule has 3 aromatic rings. The topological polar surface area (TPSA) is 117 Å². The summed E-state index contributed by atoms with van der Waals surface area (Å²) in [6, 6.07) is 8.30. The molecule has 2 aliphatic rings. The fourth-order valence-electron chi connectivity index (χ4n) is 4.21. The van der Waals surface area contributed by atoms with Crippen LogP contribution in [0.5, 0.6) is 0 Å². The number of nitrogens with one attached hydrogen (secondary N) is 3. The minimum absolute atomic E-state index is 0.0209. The number of hydrogen-bond donors (Lipinski definition) is 3. The third-order valence-corrected chi connectivity index (χ3v) is 7.18. The van der Waals surface area contributed by atoms with Crippen LogP contribution in [0.25, 0.3) is 22.6 Å². The van der Waals surface area contributed by atoms with E-state index in [1.807, 2.05) is 20.2 Å². The molecule has 0 bridgehead atoms. The largest absolute Gasteiger partial charge is 0.355 e. The highest BCUT2D eigenvalue weighted by atomic mass is 19.1. The molecule has 1 aliphatic heterocycles. The highest BCUT2D eigenvalue weighted by Crippen LogP contribution is 2.31. The molecule has 2 fully saturated rings. The van der Waals surface area contributed by atoms with E-state index in [-0.39, 0.29) is 17.6 Å². The maximum Gasteiger partial charge on any atom is 0.227 e. The second-order valence-corrected chi connectivity index (χ2v) is 10.6. The van der Waals surface area contributed by atoms with Crippen molar-refractivity contribution in [1.82, 2.24) is 30.2 Å². The number of H-pyrrole nitrogens is 1. The third kappa shape index (κ3) is 7.17. The summed E-state index contributed by atoms with van der Waals surface area (Å²) < 4.78 is 25.4. The Kier molecular flexibility index (Phi) is 8.49. The number of aromatic nitrogens is 4. The summed E-state index contributed by atoms with van der Waals surface area (Å²) in [5, 5.41) is 6.28. The van der Waals surface area contributed by atoms with Crippen molar-refractivity contribution < 1.29 is 18.7 Å². The molecule has 0 radical (unpaired) electrons. The van der Waals surface area contributed by atoms with Gasteiger partial charge in [0.2, 0.25) is 11.9 Å². The molecular weight excluding hydrogens is 501 g/mol. The van der Waals surface area contributed by atoms with Crippen molar-refractivity contribution in [3.05, 3.63) is 48.2 Å². The first-order valence-electron chi connectivity index (χ1n) is 13.4. The second kappa shape index (κ2) is 12.2. The van der Waals surface area contributed by atoms with Gasteiger partial charge in [-0.1, -0.05) is 0 Å². The van der Waals surface area contributed by atoms with Gasteiger partial charge in [0.15, 0.2) is 6.29 Å². The zero-order valence-electron chi connectivity index (χ0n) is 22.6. The van der Waals surface area contributed by atoms with Gasteiger partial charge in [-0.3, -0.25) is 4.79 Å². The Labute approximate surface area is 227 Å². The molecule has 3 heterocycles. The lowest BCUT2D eigenvalue weighted by atomic mass is 10.1. The van der Waals surface area contributed by atoms with Crippen LogP contribution in [-0.2, 0) is 20.7 Å². The van der Waals surface area contributed by atoms with Gasteiger partial charge in [-0.05, 0) is 70.1 Å². The number of hydrogen-bond acceptors (Lipinski definition) is 8. The van der Waals surface area contributed by atoms with Crippen molar-refractivity contribution in [1.29, 1.82) is 0 Å². The average molecular weight is 538 g/mol. The molecule has 1 saturated heterocycles. The Bertz CT molecular complexity index is 1250. The second-order valence-electron chi connectivity index (χ2n) is 10.6. The number of rotatable bonds is 11. The van der Waals surface area contributed by atoms with Crippen molar-refractivity contribution in [2.75, 3.05) is 45.7 Å². The van der Waals surface area contributed by atoms with Gasteiger partial charge in [-0.2, -0.15) is 0 Å². The summed E-state index contributed by atoms with van der Waals surface area (Å²) in [4.78, 5) is 31.8. The van der Waals surface area contributed by atoms with E-state index in [1.165, 1.54) is 25.0 Å². The van der Waals surface area contributed by atoms with Gasteiger partial charge in [0.25, 0.3) is 0 Å². The van der Waals surface area contributed by atoms with Crippen LogP contribution in [0.1, 0.15) is 25.6 Å². The summed E-state index contributed by atoms with van der Waals surface area (Å²) in [7, 11) is 4.04. The molecule has 39 heavy (non-hydrogen) atoms. The SMILES string of the molecule is CC(CNc1nccc(-c2[nH]c(CC3OCC(C(=O)NCC4CC4)CO3)nc2-c2ccc(F)cc2)n1)N(C)C. The average Bonchev–Trinajstić information content (AvgIpc) is 3.69. The molecule has 208 valence electrons. The maximum atomic E-state index is 13.7. The fraction of sp³-hybridized carbons (Fsp3) is 0.500. The Hall–Kier alpha value is -3.41. The van der Waals surface area contributed by atoms with Crippen molar-refractivity contribution in [2.24, 2.45) is 11.8 Å². The number of ether oxygens (including phenoxy) is 2. The molecule has 0 spiro atoms. The van der Waals surface area contributed by atoms with Gasteiger partial charge in [0.05, 0.1) is 42.6 Å². The maximum absolute atomic E-state index is 13.7. The number of imidazole rings is 1. The molecule has 11 heteroatoms. The molecule has 2 aromatic heterocycles. The van der Waals surface area contributed by atoms with Crippen LogP contribution < -0.4 is 10.6 Å². The van der Waals surface area contributed by atoms with E-state index >= 15 is 0 Å². The van der Waals surface area contributed by atoms with Crippen LogP contribution in [0, 0.1) is 17.7 Å². The number of carbonyl (C=O) groups is 1. The predicted molar refractivity (Wildman–Crippen MR) is 145 cm³/mol. The smallest absolute Gasteiger partial charge is 0.227 e. The minimum Gasteiger partial charge on any atom is -0.355 e. The van der Waals surface area contributed by atoms with Gasteiger partial charge >= 0.3 is 0 Å². The van der Waals surface area contributed by atoms with Crippen molar-refractivity contribution in [3.8, 4) is 22.6 Å². The summed E-state index contributed by atoms with van der Waals surface area (Å²) in [5.74, 6) is 1.11. The molecule has 1 aliphatic carbocycles. The number of amides is 1. The molecular formula is C28H36FN7O3. The molecule has 3 N–H and O–H groups in total. The molecule has 1 saturated carbocycles. The van der Waals surface area contributed by atoms with Crippen LogP contribution in [0.3, 0.4) is 0 Å². The van der Waals surface area contributed by atoms with Crippen molar-refractivity contribution >= 4 is 11.9 Å². The lowest BCUT2D eigenvalue weighted by Gasteiger charge is -2.28. The Morgan fingerprint density at radius 3 is 2.59 bits per heavy atom. The van der Waals surface area contributed by atoms with E-state index < -0.39 is 6.29 Å². The van der Waals surface area contributed by atoms with Gasteiger partial charge in [0.1, 0.15) is 11.6 Å². The number of aromatic amines is 1. The molecule has 10 nitrogen and oxygen atoms in total. The van der Waals surface area contributed by atoms with Crippen LogP contribution in [0.2, 0.25) is 0 Å². The zero-order chi connectivity index (χ0) is 27.4. The highest BCUT2D eigenvalue weighted by molar-refractivity contribution is 5.79. The van der Waals surface area contributed by atoms with Crippen molar-refractivity contribution in [3.63, 3.8) is 0 Å². The van der Waals surface area contributed by atoms with Crippen LogP contribution >= 0.6 is 0 Å². The van der Waals surface area contributed by atoms with E-state index in [4.69, 9.17) is 19.4 Å². The molecule has 1 aromatic carbocycles. The summed E-state index contributed by atoms with van der Waals surface area (Å²) in [6.07, 6.45) is 3.90. The number of likely N-dealkylation sites (N-methyl/N-ethyl adjacent to an activating group) is 1. The Morgan fingerprint density at radius 1 is 1.15 bits per heavy atom. The van der Waals surface area contributed by atoms with Gasteiger partial charge < -0.3 is 30.0 Å². The predicted octanol–water partition coefficient (Wildman–Crippen LogP) is 3.09. The van der Waals surface area contributed by atoms with E-state index in [9.17, 15) is 9.18 Å². The van der Waals surface area contributed by atoms with E-state index in [1.54, 1.807) is 18.3 Å². The minimum atomic E-state index is -0.535. The Morgan fingerprint density at radius 2 is 1.90 bits per heavy atom. The van der Waals surface area contributed by atoms with Gasteiger partial charge in [-0.15, -0.1) is 0 Å². The van der Waals surface area contributed by atoms with Crippen LogP contribution in [-0.4, -0.2) is 83.5 Å². The number of carbonyl (C=O) groups excluding carboxylic acids is 1. The molecule has 5 rings (SSSR count). The standard InChI is InChI=1S/C28H36FN7O3/c1-17(36(2)3)13-32-28-30-11-10-22(33-28)26-25(19-6-8-21(29)9-7-19)34-23(35-26)12-24-38-15-20(16-39-24)27(37)31-14-18-4-5-18/h6-11,17-18,20,24H,4-5,12-16H2,1-3H3,(H,31,37)(H,34,35)(H,30,32,33). The van der Waals surface area contributed by atoms with E-state index in [2.05, 4.69) is 32.4 Å². The number of halogens is 1. The number of anilines is 1. The first kappa shape index (κ1) is 27.2. The first-order chi connectivity index (χ1) is 18.9.